The lowest BCUT2D eigenvalue weighted by Crippen LogP contribution is -2.39. The van der Waals surface area contributed by atoms with Gasteiger partial charge in [0, 0.05) is 31.7 Å². The van der Waals surface area contributed by atoms with Crippen LogP contribution in [0.2, 0.25) is 0 Å². The van der Waals surface area contributed by atoms with Gasteiger partial charge in [-0.3, -0.25) is 4.79 Å². The number of ether oxygens (including phenoxy) is 2. The maximum Gasteiger partial charge on any atom is 0.255 e. The van der Waals surface area contributed by atoms with E-state index in [4.69, 9.17) is 9.47 Å². The summed E-state index contributed by atoms with van der Waals surface area (Å²) in [5.74, 6) is 2.28. The van der Waals surface area contributed by atoms with Crippen molar-refractivity contribution in [2.45, 2.75) is 50.7 Å². The molecule has 1 aliphatic heterocycles. The molecule has 1 heterocycles. The summed E-state index contributed by atoms with van der Waals surface area (Å²) in [5, 5.41) is 3.05. The Labute approximate surface area is 149 Å². The molecule has 3 fully saturated rings. The van der Waals surface area contributed by atoms with E-state index in [1.54, 1.807) is 7.11 Å². The number of likely N-dealkylation sites (tertiary alicyclic amines) is 1. The number of hydrogen-bond donors (Lipinski definition) is 1. The van der Waals surface area contributed by atoms with Gasteiger partial charge in [-0.15, -0.1) is 0 Å². The highest BCUT2D eigenvalue weighted by Gasteiger charge is 2.29. The fraction of sp³-hybridized carbons (Fsp3) is 0.650. The SMILES string of the molecule is COc1ccc(C(=O)NC2CC2)c(OC2CCN(CC3CC3)CC2)c1. The van der Waals surface area contributed by atoms with E-state index < -0.39 is 0 Å². The van der Waals surface area contributed by atoms with Crippen molar-refractivity contribution in [1.29, 1.82) is 0 Å². The van der Waals surface area contributed by atoms with Crippen molar-refractivity contribution in [3.05, 3.63) is 23.8 Å². The lowest BCUT2D eigenvalue weighted by Gasteiger charge is -2.32. The smallest absolute Gasteiger partial charge is 0.255 e. The van der Waals surface area contributed by atoms with E-state index in [1.807, 2.05) is 18.2 Å². The predicted octanol–water partition coefficient (Wildman–Crippen LogP) is 2.84. The van der Waals surface area contributed by atoms with Crippen LogP contribution in [0.25, 0.3) is 0 Å². The first-order valence-corrected chi connectivity index (χ1v) is 9.59. The van der Waals surface area contributed by atoms with Crippen LogP contribution in [0, 0.1) is 5.92 Å². The van der Waals surface area contributed by atoms with Gasteiger partial charge in [0.2, 0.25) is 0 Å². The zero-order chi connectivity index (χ0) is 17.2. The third kappa shape index (κ3) is 4.46. The Hall–Kier alpha value is -1.75. The van der Waals surface area contributed by atoms with Crippen molar-refractivity contribution < 1.29 is 14.3 Å². The third-order valence-corrected chi connectivity index (χ3v) is 5.39. The number of carbonyl (C=O) groups is 1. The van der Waals surface area contributed by atoms with Gasteiger partial charge < -0.3 is 19.7 Å². The number of benzene rings is 1. The van der Waals surface area contributed by atoms with Gasteiger partial charge in [0.25, 0.3) is 5.91 Å². The topological polar surface area (TPSA) is 50.8 Å². The van der Waals surface area contributed by atoms with Crippen LogP contribution < -0.4 is 14.8 Å². The van der Waals surface area contributed by atoms with Gasteiger partial charge in [0.1, 0.15) is 17.6 Å². The maximum absolute atomic E-state index is 12.5. The first-order chi connectivity index (χ1) is 12.2. The fourth-order valence-electron chi connectivity index (χ4n) is 3.46. The maximum atomic E-state index is 12.5. The molecule has 4 rings (SSSR count). The standard InChI is InChI=1S/C20H28N2O3/c1-24-17-6-7-18(20(23)21-15-4-5-15)19(12-17)25-16-8-10-22(11-9-16)13-14-2-3-14/h6-7,12,14-16H,2-5,8-11,13H2,1H3,(H,21,23). The average molecular weight is 344 g/mol. The van der Waals surface area contributed by atoms with Crippen LogP contribution in [0.3, 0.4) is 0 Å². The summed E-state index contributed by atoms with van der Waals surface area (Å²) in [4.78, 5) is 15.1. The molecule has 1 aromatic rings. The van der Waals surface area contributed by atoms with Crippen molar-refractivity contribution in [2.75, 3.05) is 26.7 Å². The number of carbonyl (C=O) groups excluding carboxylic acids is 1. The Balaban J connectivity index is 1.40. The predicted molar refractivity (Wildman–Crippen MR) is 96.3 cm³/mol. The van der Waals surface area contributed by atoms with E-state index >= 15 is 0 Å². The molecule has 0 radical (unpaired) electrons. The zero-order valence-corrected chi connectivity index (χ0v) is 15.0. The Morgan fingerprint density at radius 1 is 1.16 bits per heavy atom. The van der Waals surface area contributed by atoms with Gasteiger partial charge in [-0.05, 0) is 56.6 Å². The second kappa shape index (κ2) is 7.24. The van der Waals surface area contributed by atoms with Gasteiger partial charge in [-0.2, -0.15) is 0 Å². The van der Waals surface area contributed by atoms with E-state index in [-0.39, 0.29) is 12.0 Å². The average Bonchev–Trinajstić information content (AvgIpc) is 3.53. The second-order valence-corrected chi connectivity index (χ2v) is 7.67. The summed E-state index contributed by atoms with van der Waals surface area (Å²) >= 11 is 0. The molecule has 0 atom stereocenters. The van der Waals surface area contributed by atoms with E-state index in [0.717, 1.165) is 50.4 Å². The molecule has 0 bridgehead atoms. The second-order valence-electron chi connectivity index (χ2n) is 7.67. The van der Waals surface area contributed by atoms with E-state index in [0.29, 0.717) is 17.4 Å². The number of nitrogens with one attached hydrogen (secondary N) is 1. The molecule has 5 heteroatoms. The highest BCUT2D eigenvalue weighted by Crippen LogP contribution is 2.32. The number of amides is 1. The minimum atomic E-state index is -0.0358. The molecule has 1 N–H and O–H groups in total. The van der Waals surface area contributed by atoms with Crippen molar-refractivity contribution in [1.82, 2.24) is 10.2 Å². The molecular formula is C20H28N2O3. The van der Waals surface area contributed by atoms with Crippen molar-refractivity contribution in [3.8, 4) is 11.5 Å². The van der Waals surface area contributed by atoms with Crippen LogP contribution in [-0.4, -0.2) is 49.7 Å². The minimum absolute atomic E-state index is 0.0358. The number of rotatable bonds is 7. The summed E-state index contributed by atoms with van der Waals surface area (Å²) in [6.45, 7) is 3.43. The Morgan fingerprint density at radius 3 is 2.56 bits per heavy atom. The van der Waals surface area contributed by atoms with Crippen LogP contribution in [0.5, 0.6) is 11.5 Å². The van der Waals surface area contributed by atoms with Crippen molar-refractivity contribution >= 4 is 5.91 Å². The molecule has 1 saturated heterocycles. The lowest BCUT2D eigenvalue weighted by molar-refractivity contribution is 0.0894. The minimum Gasteiger partial charge on any atom is -0.497 e. The van der Waals surface area contributed by atoms with E-state index in [9.17, 15) is 4.79 Å². The van der Waals surface area contributed by atoms with Gasteiger partial charge in [-0.1, -0.05) is 0 Å². The van der Waals surface area contributed by atoms with Crippen LogP contribution in [0.15, 0.2) is 18.2 Å². The Kier molecular flexibility index (Phi) is 4.84. The van der Waals surface area contributed by atoms with E-state index in [2.05, 4.69) is 10.2 Å². The molecule has 1 aromatic carbocycles. The van der Waals surface area contributed by atoms with Crippen LogP contribution in [-0.2, 0) is 0 Å². The molecule has 0 spiro atoms. The first-order valence-electron chi connectivity index (χ1n) is 9.59. The Bertz CT molecular complexity index is 617. The van der Waals surface area contributed by atoms with Gasteiger partial charge in [-0.25, -0.2) is 0 Å². The fourth-order valence-corrected chi connectivity index (χ4v) is 3.46. The number of methoxy groups -OCH3 is 1. The van der Waals surface area contributed by atoms with Crippen LogP contribution in [0.1, 0.15) is 48.9 Å². The molecule has 2 aliphatic carbocycles. The summed E-state index contributed by atoms with van der Waals surface area (Å²) in [5.41, 5.74) is 0.619. The van der Waals surface area contributed by atoms with Crippen LogP contribution in [0.4, 0.5) is 0 Å². The largest absolute Gasteiger partial charge is 0.497 e. The molecule has 1 amide bonds. The van der Waals surface area contributed by atoms with Crippen molar-refractivity contribution in [3.63, 3.8) is 0 Å². The molecule has 2 saturated carbocycles. The quantitative estimate of drug-likeness (QED) is 0.826. The normalized spacial score (nSPS) is 21.8. The Morgan fingerprint density at radius 2 is 1.92 bits per heavy atom. The first kappa shape index (κ1) is 16.7. The summed E-state index contributed by atoms with van der Waals surface area (Å²) in [6.07, 6.45) is 7.19. The monoisotopic (exact) mass is 344 g/mol. The molecule has 136 valence electrons. The number of nitrogens with zero attached hydrogens (tertiary/aromatic N) is 1. The molecule has 0 unspecified atom stereocenters. The summed E-state index contributed by atoms with van der Waals surface area (Å²) in [7, 11) is 1.64. The molecule has 0 aromatic heterocycles. The van der Waals surface area contributed by atoms with Crippen molar-refractivity contribution in [2.24, 2.45) is 5.92 Å². The highest BCUT2D eigenvalue weighted by molar-refractivity contribution is 5.97. The van der Waals surface area contributed by atoms with E-state index in [1.165, 1.54) is 19.4 Å². The molecular weight excluding hydrogens is 316 g/mol. The van der Waals surface area contributed by atoms with Gasteiger partial charge in [0.05, 0.1) is 12.7 Å². The van der Waals surface area contributed by atoms with Crippen LogP contribution >= 0.6 is 0 Å². The third-order valence-electron chi connectivity index (χ3n) is 5.39. The van der Waals surface area contributed by atoms with Gasteiger partial charge in [0.15, 0.2) is 0 Å². The number of hydrogen-bond acceptors (Lipinski definition) is 4. The molecule has 25 heavy (non-hydrogen) atoms. The number of piperidine rings is 1. The summed E-state index contributed by atoms with van der Waals surface area (Å²) < 4.78 is 11.6. The lowest BCUT2D eigenvalue weighted by atomic mass is 10.1. The molecule has 5 nitrogen and oxygen atoms in total. The highest BCUT2D eigenvalue weighted by atomic mass is 16.5. The summed E-state index contributed by atoms with van der Waals surface area (Å²) in [6, 6.07) is 5.83. The molecule has 3 aliphatic rings. The zero-order valence-electron chi connectivity index (χ0n) is 15.0. The van der Waals surface area contributed by atoms with Gasteiger partial charge >= 0.3 is 0 Å².